The number of sulfonamides is 1. The maximum Gasteiger partial charge on any atom is 0.260 e. The first-order chi connectivity index (χ1) is 15.7. The van der Waals surface area contributed by atoms with Crippen LogP contribution in [0.15, 0.2) is 77.9 Å². The molecule has 0 aliphatic heterocycles. The molecular formula is C24H24ClN3O4S. The fourth-order valence-electron chi connectivity index (χ4n) is 3.03. The van der Waals surface area contributed by atoms with Crippen LogP contribution in [0.2, 0.25) is 5.02 Å². The minimum absolute atomic E-state index is 0.337. The van der Waals surface area contributed by atoms with Crippen LogP contribution in [0.4, 0.5) is 5.69 Å². The lowest BCUT2D eigenvalue weighted by molar-refractivity contribution is -0.119. The van der Waals surface area contributed by atoms with Crippen molar-refractivity contribution in [1.82, 2.24) is 5.43 Å². The SMILES string of the molecule is Cc1ccc(Cl)cc1N(CC(=O)N/N=C\c1ccccc1OCc1ccccc1)S(C)(=O)=O. The van der Waals surface area contributed by atoms with Crippen LogP contribution in [0.25, 0.3) is 0 Å². The summed E-state index contributed by atoms with van der Waals surface area (Å²) >= 11 is 6.02. The lowest BCUT2D eigenvalue weighted by Gasteiger charge is -2.23. The highest BCUT2D eigenvalue weighted by Gasteiger charge is 2.22. The molecular weight excluding hydrogens is 462 g/mol. The van der Waals surface area contributed by atoms with E-state index in [2.05, 4.69) is 10.5 Å². The van der Waals surface area contributed by atoms with Gasteiger partial charge in [0.2, 0.25) is 10.0 Å². The third-order valence-corrected chi connectivity index (χ3v) is 6.04. The van der Waals surface area contributed by atoms with Crippen LogP contribution in [0.5, 0.6) is 5.75 Å². The van der Waals surface area contributed by atoms with E-state index in [1.807, 2.05) is 42.5 Å². The average Bonchev–Trinajstić information content (AvgIpc) is 2.78. The molecule has 0 aromatic heterocycles. The number of carbonyl (C=O) groups is 1. The molecule has 0 aliphatic carbocycles. The molecule has 0 heterocycles. The number of hydrogen-bond donors (Lipinski definition) is 1. The minimum Gasteiger partial charge on any atom is -0.488 e. The Bertz CT molecular complexity index is 1250. The van der Waals surface area contributed by atoms with Crippen LogP contribution >= 0.6 is 11.6 Å². The summed E-state index contributed by atoms with van der Waals surface area (Å²) in [7, 11) is -3.73. The number of halogens is 1. The van der Waals surface area contributed by atoms with E-state index in [1.54, 1.807) is 31.2 Å². The van der Waals surface area contributed by atoms with E-state index in [-0.39, 0.29) is 0 Å². The van der Waals surface area contributed by atoms with Gasteiger partial charge in [-0.2, -0.15) is 5.10 Å². The van der Waals surface area contributed by atoms with Gasteiger partial charge in [0.1, 0.15) is 18.9 Å². The van der Waals surface area contributed by atoms with Gasteiger partial charge in [0.25, 0.3) is 5.91 Å². The highest BCUT2D eigenvalue weighted by Crippen LogP contribution is 2.26. The van der Waals surface area contributed by atoms with E-state index in [0.29, 0.717) is 34.2 Å². The first-order valence-electron chi connectivity index (χ1n) is 10.1. The van der Waals surface area contributed by atoms with Crippen LogP contribution in [0.3, 0.4) is 0 Å². The van der Waals surface area contributed by atoms with Gasteiger partial charge < -0.3 is 4.74 Å². The van der Waals surface area contributed by atoms with Gasteiger partial charge in [-0.25, -0.2) is 13.8 Å². The third kappa shape index (κ3) is 7.06. The molecule has 0 unspecified atom stereocenters. The van der Waals surface area contributed by atoms with Gasteiger partial charge in [0.05, 0.1) is 18.2 Å². The van der Waals surface area contributed by atoms with E-state index >= 15 is 0 Å². The lowest BCUT2D eigenvalue weighted by atomic mass is 10.2. The summed E-state index contributed by atoms with van der Waals surface area (Å²) in [5, 5.41) is 4.34. The molecule has 1 amide bonds. The number of para-hydroxylation sites is 1. The Morgan fingerprint density at radius 1 is 1.09 bits per heavy atom. The van der Waals surface area contributed by atoms with Crippen LogP contribution in [-0.4, -0.2) is 33.3 Å². The molecule has 0 aliphatic rings. The zero-order chi connectivity index (χ0) is 23.8. The summed E-state index contributed by atoms with van der Waals surface area (Å²) in [6.07, 6.45) is 2.48. The number of hydrazone groups is 1. The summed E-state index contributed by atoms with van der Waals surface area (Å²) in [6, 6.07) is 21.9. The van der Waals surface area contributed by atoms with Crippen LogP contribution < -0.4 is 14.5 Å². The van der Waals surface area contributed by atoms with Crippen molar-refractivity contribution < 1.29 is 17.9 Å². The highest BCUT2D eigenvalue weighted by molar-refractivity contribution is 7.92. The van der Waals surface area contributed by atoms with E-state index < -0.39 is 22.5 Å². The Morgan fingerprint density at radius 2 is 1.79 bits per heavy atom. The number of aryl methyl sites for hydroxylation is 1. The molecule has 3 aromatic rings. The van der Waals surface area contributed by atoms with Crippen LogP contribution in [-0.2, 0) is 21.4 Å². The quantitative estimate of drug-likeness (QED) is 0.364. The van der Waals surface area contributed by atoms with Crippen molar-refractivity contribution in [1.29, 1.82) is 0 Å². The standard InChI is InChI=1S/C24H24ClN3O4S/c1-18-12-13-21(25)14-22(18)28(33(2,30)31)16-24(29)27-26-15-20-10-6-7-11-23(20)32-17-19-8-4-3-5-9-19/h3-15H,16-17H2,1-2H3,(H,27,29)/b26-15-. The van der Waals surface area contributed by atoms with E-state index in [4.69, 9.17) is 16.3 Å². The molecule has 172 valence electrons. The van der Waals surface area contributed by atoms with Crippen molar-refractivity contribution >= 4 is 39.4 Å². The van der Waals surface area contributed by atoms with Gasteiger partial charge in [-0.1, -0.05) is 60.1 Å². The van der Waals surface area contributed by atoms with Crippen molar-refractivity contribution in [3.63, 3.8) is 0 Å². The molecule has 0 fully saturated rings. The summed E-state index contributed by atoms with van der Waals surface area (Å²) in [5.74, 6) is 0.00500. The second-order valence-electron chi connectivity index (χ2n) is 7.31. The maximum absolute atomic E-state index is 12.5. The number of carbonyl (C=O) groups excluding carboxylic acids is 1. The lowest BCUT2D eigenvalue weighted by Crippen LogP contribution is -2.39. The predicted molar refractivity (Wildman–Crippen MR) is 131 cm³/mol. The van der Waals surface area contributed by atoms with Gasteiger partial charge in [0.15, 0.2) is 0 Å². The van der Waals surface area contributed by atoms with Gasteiger partial charge in [-0.3, -0.25) is 9.10 Å². The number of ether oxygens (including phenoxy) is 1. The zero-order valence-electron chi connectivity index (χ0n) is 18.2. The van der Waals surface area contributed by atoms with Crippen molar-refractivity contribution in [3.05, 3.63) is 94.5 Å². The molecule has 3 aromatic carbocycles. The van der Waals surface area contributed by atoms with Gasteiger partial charge in [0, 0.05) is 10.6 Å². The van der Waals surface area contributed by atoms with Gasteiger partial charge in [-0.05, 0) is 42.3 Å². The highest BCUT2D eigenvalue weighted by atomic mass is 35.5. The van der Waals surface area contributed by atoms with Crippen molar-refractivity contribution in [2.75, 3.05) is 17.1 Å². The van der Waals surface area contributed by atoms with Crippen molar-refractivity contribution in [2.24, 2.45) is 5.10 Å². The summed E-state index contributed by atoms with van der Waals surface area (Å²) in [5.41, 5.74) is 5.07. The predicted octanol–water partition coefficient (Wildman–Crippen LogP) is 4.14. The number of nitrogens with one attached hydrogen (secondary N) is 1. The van der Waals surface area contributed by atoms with Crippen LogP contribution in [0, 0.1) is 6.92 Å². The maximum atomic E-state index is 12.5. The van der Waals surface area contributed by atoms with Gasteiger partial charge in [-0.15, -0.1) is 0 Å². The number of hydrogen-bond acceptors (Lipinski definition) is 5. The smallest absolute Gasteiger partial charge is 0.260 e. The molecule has 0 atom stereocenters. The van der Waals surface area contributed by atoms with Gasteiger partial charge >= 0.3 is 0 Å². The topological polar surface area (TPSA) is 88.1 Å². The number of nitrogens with zero attached hydrogens (tertiary/aromatic N) is 2. The summed E-state index contributed by atoms with van der Waals surface area (Å²) in [6.45, 7) is 1.69. The minimum atomic E-state index is -3.73. The monoisotopic (exact) mass is 485 g/mol. The molecule has 3 rings (SSSR count). The molecule has 1 N–H and O–H groups in total. The third-order valence-electron chi connectivity index (χ3n) is 4.68. The fraction of sp³-hybridized carbons (Fsp3) is 0.167. The van der Waals surface area contributed by atoms with Crippen molar-refractivity contribution in [2.45, 2.75) is 13.5 Å². The average molecular weight is 486 g/mol. The van der Waals surface area contributed by atoms with E-state index in [0.717, 1.165) is 16.1 Å². The molecule has 0 saturated carbocycles. The number of amides is 1. The molecule has 0 bridgehead atoms. The Morgan fingerprint density at radius 3 is 2.52 bits per heavy atom. The number of benzene rings is 3. The molecule has 33 heavy (non-hydrogen) atoms. The zero-order valence-corrected chi connectivity index (χ0v) is 19.8. The Labute approximate surface area is 198 Å². The first-order valence-corrected chi connectivity index (χ1v) is 12.3. The fourth-order valence-corrected chi connectivity index (χ4v) is 4.10. The Kier molecular flexibility index (Phi) is 8.08. The second-order valence-corrected chi connectivity index (χ2v) is 9.65. The van der Waals surface area contributed by atoms with Crippen LogP contribution in [0.1, 0.15) is 16.7 Å². The number of anilines is 1. The van der Waals surface area contributed by atoms with Crippen molar-refractivity contribution in [3.8, 4) is 5.75 Å². The second kappa shape index (κ2) is 11.0. The van der Waals surface area contributed by atoms with E-state index in [9.17, 15) is 13.2 Å². The normalized spacial score (nSPS) is 11.4. The molecule has 7 nitrogen and oxygen atoms in total. The Hall–Kier alpha value is -3.36. The first kappa shape index (κ1) is 24.3. The summed E-state index contributed by atoms with van der Waals surface area (Å²) < 4.78 is 31.5. The molecule has 0 spiro atoms. The molecule has 0 saturated heterocycles. The molecule has 0 radical (unpaired) electrons. The number of rotatable bonds is 9. The molecule has 9 heteroatoms. The summed E-state index contributed by atoms with van der Waals surface area (Å²) in [4.78, 5) is 12.5. The van der Waals surface area contributed by atoms with E-state index in [1.165, 1.54) is 12.3 Å². The Balaban J connectivity index is 1.67. The largest absolute Gasteiger partial charge is 0.488 e.